The molecule has 2 aromatic heterocycles. The zero-order valence-corrected chi connectivity index (χ0v) is 22.7. The number of rotatable bonds is 6. The first-order valence-corrected chi connectivity index (χ1v) is 14.1. The number of carbonyl (C=O) groups is 2. The van der Waals surface area contributed by atoms with Crippen LogP contribution in [0.5, 0.6) is 0 Å². The number of morpholine rings is 1. The van der Waals surface area contributed by atoms with Crippen molar-refractivity contribution in [1.29, 1.82) is 0 Å². The summed E-state index contributed by atoms with van der Waals surface area (Å²) in [5.41, 5.74) is 3.87. The highest BCUT2D eigenvalue weighted by Crippen LogP contribution is 2.45. The number of aromatic carboxylic acids is 1. The van der Waals surface area contributed by atoms with E-state index in [1.165, 1.54) is 24.8 Å². The van der Waals surface area contributed by atoms with E-state index in [0.29, 0.717) is 32.2 Å². The van der Waals surface area contributed by atoms with Crippen LogP contribution < -0.4 is 5.32 Å². The van der Waals surface area contributed by atoms with Crippen molar-refractivity contribution in [2.45, 2.75) is 70.9 Å². The zero-order chi connectivity index (χ0) is 26.2. The Morgan fingerprint density at radius 2 is 1.89 bits per heavy atom. The first-order chi connectivity index (χ1) is 17.7. The van der Waals surface area contributed by atoms with E-state index < -0.39 is 5.97 Å². The fourth-order valence-corrected chi connectivity index (χ4v) is 6.47. The molecule has 0 bridgehead atoms. The Balaban J connectivity index is 1.69. The highest BCUT2D eigenvalue weighted by Gasteiger charge is 2.30. The van der Waals surface area contributed by atoms with Crippen molar-refractivity contribution < 1.29 is 19.4 Å². The third kappa shape index (κ3) is 5.52. The molecule has 0 unspecified atom stereocenters. The maximum Gasteiger partial charge on any atom is 0.335 e. The van der Waals surface area contributed by atoms with Crippen LogP contribution in [0, 0.1) is 0 Å². The number of hydrogen-bond donors (Lipinski definition) is 2. The highest BCUT2D eigenvalue weighted by atomic mass is 32.1. The van der Waals surface area contributed by atoms with Gasteiger partial charge in [0.25, 0.3) is 0 Å². The van der Waals surface area contributed by atoms with Gasteiger partial charge in [0.15, 0.2) is 5.13 Å². The standard InChI is InChI=1S/C28H36N4O4S/c1-28(2,3)30-27-29-21(17-37-27)25-24(18-7-5-4-6-8-18)20-10-9-19(26(34)35)15-22(20)32(25)16-23(33)31-11-13-36-14-12-31/h9-10,15,17-18H,4-8,11-14,16H2,1-3H3,(H,29,30)(H,34,35). The van der Waals surface area contributed by atoms with Crippen molar-refractivity contribution in [3.05, 3.63) is 34.7 Å². The van der Waals surface area contributed by atoms with Crippen LogP contribution in [0.15, 0.2) is 23.6 Å². The molecular weight excluding hydrogens is 488 g/mol. The number of nitrogens with one attached hydrogen (secondary N) is 1. The second-order valence-electron chi connectivity index (χ2n) is 11.1. The summed E-state index contributed by atoms with van der Waals surface area (Å²) in [6.07, 6.45) is 5.75. The predicted octanol–water partition coefficient (Wildman–Crippen LogP) is 5.58. The molecule has 3 heterocycles. The Labute approximate surface area is 221 Å². The van der Waals surface area contributed by atoms with Crippen LogP contribution in [0.2, 0.25) is 0 Å². The molecule has 1 amide bonds. The van der Waals surface area contributed by atoms with E-state index in [9.17, 15) is 14.7 Å². The largest absolute Gasteiger partial charge is 0.478 e. The van der Waals surface area contributed by atoms with Crippen LogP contribution in [-0.2, 0) is 16.1 Å². The lowest BCUT2D eigenvalue weighted by atomic mass is 9.82. The molecule has 0 atom stereocenters. The molecule has 1 aromatic carbocycles. The number of carboxylic acid groups (broad SMARTS) is 1. The predicted molar refractivity (Wildman–Crippen MR) is 147 cm³/mol. The van der Waals surface area contributed by atoms with E-state index in [-0.39, 0.29) is 23.6 Å². The van der Waals surface area contributed by atoms with Gasteiger partial charge >= 0.3 is 5.97 Å². The van der Waals surface area contributed by atoms with Gasteiger partial charge in [-0.05, 0) is 57.2 Å². The van der Waals surface area contributed by atoms with Gasteiger partial charge in [-0.25, -0.2) is 9.78 Å². The van der Waals surface area contributed by atoms with Gasteiger partial charge in [0, 0.05) is 29.4 Å². The summed E-state index contributed by atoms with van der Waals surface area (Å²) in [4.78, 5) is 32.2. The van der Waals surface area contributed by atoms with Crippen molar-refractivity contribution >= 4 is 39.2 Å². The smallest absolute Gasteiger partial charge is 0.335 e. The van der Waals surface area contributed by atoms with Gasteiger partial charge in [0.05, 0.1) is 30.0 Å². The van der Waals surface area contributed by atoms with E-state index >= 15 is 0 Å². The van der Waals surface area contributed by atoms with Gasteiger partial charge in [-0.1, -0.05) is 25.3 Å². The molecule has 1 aliphatic heterocycles. The molecule has 2 aliphatic rings. The molecular formula is C28H36N4O4S. The first kappa shape index (κ1) is 25.7. The average molecular weight is 525 g/mol. The van der Waals surface area contributed by atoms with Crippen LogP contribution in [-0.4, -0.2) is 63.3 Å². The van der Waals surface area contributed by atoms with Crippen LogP contribution in [0.1, 0.15) is 74.7 Å². The molecule has 2 fully saturated rings. The number of hydrogen-bond acceptors (Lipinski definition) is 6. The van der Waals surface area contributed by atoms with Crippen LogP contribution >= 0.6 is 11.3 Å². The van der Waals surface area contributed by atoms with Gasteiger partial charge in [-0.15, -0.1) is 11.3 Å². The number of amides is 1. The topological polar surface area (TPSA) is 96.7 Å². The molecule has 3 aromatic rings. The Morgan fingerprint density at radius 3 is 2.57 bits per heavy atom. The van der Waals surface area contributed by atoms with Crippen molar-refractivity contribution in [3.63, 3.8) is 0 Å². The number of nitrogens with zero attached hydrogens (tertiary/aromatic N) is 3. The van der Waals surface area contributed by atoms with E-state index in [4.69, 9.17) is 9.72 Å². The summed E-state index contributed by atoms with van der Waals surface area (Å²) in [6.45, 7) is 8.66. The Bertz CT molecular complexity index is 1290. The second-order valence-corrected chi connectivity index (χ2v) is 12.0. The van der Waals surface area contributed by atoms with Crippen molar-refractivity contribution in [2.24, 2.45) is 0 Å². The summed E-state index contributed by atoms with van der Waals surface area (Å²) < 4.78 is 7.48. The monoisotopic (exact) mass is 524 g/mol. The van der Waals surface area contributed by atoms with E-state index in [2.05, 4.69) is 31.5 Å². The number of anilines is 1. The number of ether oxygens (including phenoxy) is 1. The fraction of sp³-hybridized carbons (Fsp3) is 0.536. The lowest BCUT2D eigenvalue weighted by molar-refractivity contribution is -0.135. The quantitative estimate of drug-likeness (QED) is 0.437. The van der Waals surface area contributed by atoms with Gasteiger partial charge in [-0.2, -0.15) is 0 Å². The Hall–Kier alpha value is -2.91. The van der Waals surface area contributed by atoms with Gasteiger partial charge in [0.2, 0.25) is 5.91 Å². The third-order valence-corrected chi connectivity index (χ3v) is 8.01. The van der Waals surface area contributed by atoms with Crippen molar-refractivity contribution in [3.8, 4) is 11.4 Å². The van der Waals surface area contributed by atoms with Gasteiger partial charge < -0.3 is 24.6 Å². The molecule has 9 heteroatoms. The Kier molecular flexibility index (Phi) is 7.27. The molecule has 1 saturated carbocycles. The molecule has 0 radical (unpaired) electrons. The minimum atomic E-state index is -0.972. The minimum absolute atomic E-state index is 0.0145. The molecule has 2 N–H and O–H groups in total. The molecule has 5 rings (SSSR count). The lowest BCUT2D eigenvalue weighted by Gasteiger charge is -2.27. The van der Waals surface area contributed by atoms with Crippen LogP contribution in [0.25, 0.3) is 22.3 Å². The number of carbonyl (C=O) groups excluding carboxylic acids is 1. The van der Waals surface area contributed by atoms with E-state index in [0.717, 1.165) is 40.3 Å². The van der Waals surface area contributed by atoms with Gasteiger partial charge in [0.1, 0.15) is 12.2 Å². The summed E-state index contributed by atoms with van der Waals surface area (Å²) in [6, 6.07) is 5.34. The maximum absolute atomic E-state index is 13.5. The minimum Gasteiger partial charge on any atom is -0.478 e. The average Bonchev–Trinajstić information content (AvgIpc) is 3.45. The number of aromatic nitrogens is 2. The third-order valence-electron chi connectivity index (χ3n) is 7.25. The zero-order valence-electron chi connectivity index (χ0n) is 21.9. The highest BCUT2D eigenvalue weighted by molar-refractivity contribution is 7.14. The molecule has 0 spiro atoms. The summed E-state index contributed by atoms with van der Waals surface area (Å²) in [5, 5.41) is 17.1. The van der Waals surface area contributed by atoms with Crippen LogP contribution in [0.3, 0.4) is 0 Å². The normalized spacial score (nSPS) is 17.3. The SMILES string of the molecule is CC(C)(C)Nc1nc(-c2c(C3CCCCC3)c3ccc(C(=O)O)cc3n2CC(=O)N2CCOCC2)cs1. The first-order valence-electron chi connectivity index (χ1n) is 13.2. The van der Waals surface area contributed by atoms with E-state index in [1.54, 1.807) is 23.5 Å². The molecule has 1 aliphatic carbocycles. The molecule has 8 nitrogen and oxygen atoms in total. The van der Waals surface area contributed by atoms with Crippen molar-refractivity contribution in [2.75, 3.05) is 31.6 Å². The Morgan fingerprint density at radius 1 is 1.16 bits per heavy atom. The number of carboxylic acids is 1. The number of benzene rings is 1. The molecule has 198 valence electrons. The summed E-state index contributed by atoms with van der Waals surface area (Å²) in [5.74, 6) is -0.608. The summed E-state index contributed by atoms with van der Waals surface area (Å²) >= 11 is 1.56. The maximum atomic E-state index is 13.5. The lowest BCUT2D eigenvalue weighted by Crippen LogP contribution is -2.42. The molecule has 37 heavy (non-hydrogen) atoms. The summed E-state index contributed by atoms with van der Waals surface area (Å²) in [7, 11) is 0. The van der Waals surface area contributed by atoms with Gasteiger partial charge in [-0.3, -0.25) is 4.79 Å². The second kappa shape index (κ2) is 10.5. The number of thiazole rings is 1. The molecule has 1 saturated heterocycles. The van der Waals surface area contributed by atoms with Crippen LogP contribution in [0.4, 0.5) is 5.13 Å². The van der Waals surface area contributed by atoms with E-state index in [1.807, 2.05) is 15.5 Å². The van der Waals surface area contributed by atoms with Crippen molar-refractivity contribution in [1.82, 2.24) is 14.5 Å². The number of fused-ring (bicyclic) bond motifs is 1. The fourth-order valence-electron chi connectivity index (χ4n) is 5.56.